The van der Waals surface area contributed by atoms with Gasteiger partial charge in [-0.15, -0.1) is 0 Å². The van der Waals surface area contributed by atoms with Crippen molar-refractivity contribution in [2.45, 2.75) is 26.4 Å². The third-order valence-electron chi connectivity index (χ3n) is 4.28. The van der Waals surface area contributed by atoms with Crippen molar-refractivity contribution in [2.75, 3.05) is 40.3 Å². The molecular weight excluding hydrogens is 264 g/mol. The monoisotopic (exact) mass is 292 g/mol. The van der Waals surface area contributed by atoms with Crippen molar-refractivity contribution >= 4 is 5.91 Å². The maximum Gasteiger partial charge on any atom is 0.242 e. The van der Waals surface area contributed by atoms with E-state index in [1.54, 1.807) is 0 Å². The maximum atomic E-state index is 12.3. The standard InChI is InChI=1S/C16H28N4O/c1-13(2)16(17-3)14-5-6-19(11-14)12-15(21)20-9-7-18(4)8-10-20/h5-6,11,13,16-17H,7-10,12H2,1-4H3. The molecular formula is C16H28N4O. The molecule has 0 aliphatic carbocycles. The summed E-state index contributed by atoms with van der Waals surface area (Å²) in [6.45, 7) is 8.47. The number of carbonyl (C=O) groups excluding carboxylic acids is 1. The zero-order valence-corrected chi connectivity index (χ0v) is 13.7. The number of hydrogen-bond donors (Lipinski definition) is 1. The van der Waals surface area contributed by atoms with Gasteiger partial charge in [0.05, 0.1) is 0 Å². The second-order valence-corrected chi connectivity index (χ2v) is 6.31. The van der Waals surface area contributed by atoms with E-state index in [1.807, 2.05) is 22.7 Å². The molecule has 1 aliphatic heterocycles. The van der Waals surface area contributed by atoms with E-state index < -0.39 is 0 Å². The van der Waals surface area contributed by atoms with Crippen LogP contribution >= 0.6 is 0 Å². The summed E-state index contributed by atoms with van der Waals surface area (Å²) in [5.41, 5.74) is 1.25. The van der Waals surface area contributed by atoms with Crippen molar-refractivity contribution < 1.29 is 4.79 Å². The van der Waals surface area contributed by atoms with E-state index in [2.05, 4.69) is 43.4 Å². The van der Waals surface area contributed by atoms with Gasteiger partial charge in [-0.05, 0) is 31.6 Å². The molecule has 1 aliphatic rings. The first kappa shape index (κ1) is 16.0. The van der Waals surface area contributed by atoms with Gasteiger partial charge in [0.1, 0.15) is 6.54 Å². The van der Waals surface area contributed by atoms with Crippen molar-refractivity contribution in [3.63, 3.8) is 0 Å². The Bertz CT molecular complexity index is 461. The summed E-state index contributed by atoms with van der Waals surface area (Å²) in [5.74, 6) is 0.745. The molecule has 0 aromatic carbocycles. The molecule has 118 valence electrons. The minimum absolute atomic E-state index is 0.218. The average Bonchev–Trinajstić information content (AvgIpc) is 2.88. The number of aromatic nitrogens is 1. The number of amides is 1. The third-order valence-corrected chi connectivity index (χ3v) is 4.28. The number of piperazine rings is 1. The highest BCUT2D eigenvalue weighted by molar-refractivity contribution is 5.76. The molecule has 1 N–H and O–H groups in total. The molecule has 5 nitrogen and oxygen atoms in total. The van der Waals surface area contributed by atoms with Gasteiger partial charge in [0, 0.05) is 44.6 Å². The number of nitrogens with one attached hydrogen (secondary N) is 1. The number of nitrogens with zero attached hydrogens (tertiary/aromatic N) is 3. The van der Waals surface area contributed by atoms with Crippen molar-refractivity contribution in [1.29, 1.82) is 0 Å². The van der Waals surface area contributed by atoms with E-state index in [9.17, 15) is 4.79 Å². The van der Waals surface area contributed by atoms with Crippen LogP contribution in [0.2, 0.25) is 0 Å². The quantitative estimate of drug-likeness (QED) is 0.886. The minimum Gasteiger partial charge on any atom is -0.345 e. The van der Waals surface area contributed by atoms with E-state index in [1.165, 1.54) is 5.56 Å². The van der Waals surface area contributed by atoms with E-state index in [0.29, 0.717) is 18.5 Å². The summed E-state index contributed by atoms with van der Waals surface area (Å²) >= 11 is 0. The fraction of sp³-hybridized carbons (Fsp3) is 0.688. The predicted octanol–water partition coefficient (Wildman–Crippen LogP) is 1.18. The number of carbonyl (C=O) groups is 1. The summed E-state index contributed by atoms with van der Waals surface area (Å²) < 4.78 is 2.00. The van der Waals surface area contributed by atoms with Crippen molar-refractivity contribution in [1.82, 2.24) is 19.7 Å². The van der Waals surface area contributed by atoms with E-state index in [4.69, 9.17) is 0 Å². The van der Waals surface area contributed by atoms with Gasteiger partial charge in [0.25, 0.3) is 0 Å². The Kier molecular flexibility index (Phi) is 5.42. The molecule has 1 atom stereocenters. The first-order valence-electron chi connectivity index (χ1n) is 7.80. The molecule has 1 fully saturated rings. The van der Waals surface area contributed by atoms with Gasteiger partial charge < -0.3 is 19.7 Å². The van der Waals surface area contributed by atoms with Crippen LogP contribution in [0.3, 0.4) is 0 Å². The minimum atomic E-state index is 0.218. The molecule has 2 heterocycles. The molecule has 5 heteroatoms. The largest absolute Gasteiger partial charge is 0.345 e. The lowest BCUT2D eigenvalue weighted by Gasteiger charge is -2.32. The number of likely N-dealkylation sites (N-methyl/N-ethyl adjacent to an activating group) is 1. The molecule has 0 radical (unpaired) electrons. The first-order valence-corrected chi connectivity index (χ1v) is 7.80. The Morgan fingerprint density at radius 1 is 1.29 bits per heavy atom. The van der Waals surface area contributed by atoms with Gasteiger partial charge >= 0.3 is 0 Å². The SMILES string of the molecule is CNC(c1ccn(CC(=O)N2CCN(C)CC2)c1)C(C)C. The first-order chi connectivity index (χ1) is 10.0. The number of hydrogen-bond acceptors (Lipinski definition) is 3. The number of rotatable bonds is 5. The lowest BCUT2D eigenvalue weighted by atomic mass is 9.99. The van der Waals surface area contributed by atoms with Crippen molar-refractivity contribution in [3.8, 4) is 0 Å². The van der Waals surface area contributed by atoms with E-state index in [-0.39, 0.29) is 5.91 Å². The highest BCUT2D eigenvalue weighted by atomic mass is 16.2. The Balaban J connectivity index is 1.94. The fourth-order valence-corrected chi connectivity index (χ4v) is 2.94. The molecule has 0 saturated carbocycles. The van der Waals surface area contributed by atoms with Gasteiger partial charge in [-0.2, -0.15) is 0 Å². The maximum absolute atomic E-state index is 12.3. The summed E-state index contributed by atoms with van der Waals surface area (Å²) in [5, 5.41) is 3.34. The zero-order chi connectivity index (χ0) is 15.4. The van der Waals surface area contributed by atoms with Gasteiger partial charge in [-0.3, -0.25) is 4.79 Å². The van der Waals surface area contributed by atoms with Crippen LogP contribution in [-0.4, -0.2) is 60.5 Å². The predicted molar refractivity (Wildman–Crippen MR) is 85.1 cm³/mol. The van der Waals surface area contributed by atoms with E-state index >= 15 is 0 Å². The van der Waals surface area contributed by atoms with Crippen LogP contribution in [0.25, 0.3) is 0 Å². The van der Waals surface area contributed by atoms with Crippen LogP contribution in [0.1, 0.15) is 25.5 Å². The van der Waals surface area contributed by atoms with Crippen LogP contribution in [0, 0.1) is 5.92 Å². The van der Waals surface area contributed by atoms with Crippen LogP contribution < -0.4 is 5.32 Å². The van der Waals surface area contributed by atoms with Crippen molar-refractivity contribution in [2.24, 2.45) is 5.92 Å². The highest BCUT2D eigenvalue weighted by Gasteiger charge is 2.20. The molecule has 1 amide bonds. The van der Waals surface area contributed by atoms with Gasteiger partial charge in [-0.1, -0.05) is 13.8 Å². The molecule has 1 aromatic rings. The molecule has 1 saturated heterocycles. The normalized spacial score (nSPS) is 18.2. The lowest BCUT2D eigenvalue weighted by Crippen LogP contribution is -2.48. The fourth-order valence-electron chi connectivity index (χ4n) is 2.94. The van der Waals surface area contributed by atoms with E-state index in [0.717, 1.165) is 26.2 Å². The second kappa shape index (κ2) is 7.09. The Morgan fingerprint density at radius 3 is 2.52 bits per heavy atom. The summed E-state index contributed by atoms with van der Waals surface area (Å²) in [4.78, 5) is 16.6. The van der Waals surface area contributed by atoms with Crippen LogP contribution in [0.15, 0.2) is 18.5 Å². The Morgan fingerprint density at radius 2 is 1.95 bits per heavy atom. The third kappa shape index (κ3) is 4.08. The molecule has 2 rings (SSSR count). The molecule has 1 unspecified atom stereocenters. The van der Waals surface area contributed by atoms with Crippen LogP contribution in [0.5, 0.6) is 0 Å². The molecule has 0 spiro atoms. The second-order valence-electron chi connectivity index (χ2n) is 6.31. The molecule has 21 heavy (non-hydrogen) atoms. The lowest BCUT2D eigenvalue weighted by molar-refractivity contribution is -0.133. The van der Waals surface area contributed by atoms with Crippen LogP contribution in [0.4, 0.5) is 0 Å². The highest BCUT2D eigenvalue weighted by Crippen LogP contribution is 2.21. The van der Waals surface area contributed by atoms with Crippen molar-refractivity contribution in [3.05, 3.63) is 24.0 Å². The van der Waals surface area contributed by atoms with Gasteiger partial charge in [0.15, 0.2) is 0 Å². The van der Waals surface area contributed by atoms with Crippen LogP contribution in [-0.2, 0) is 11.3 Å². The Hall–Kier alpha value is -1.33. The molecule has 0 bridgehead atoms. The van der Waals surface area contributed by atoms with Gasteiger partial charge in [-0.25, -0.2) is 0 Å². The molecule has 1 aromatic heterocycles. The summed E-state index contributed by atoms with van der Waals surface area (Å²) in [7, 11) is 4.08. The smallest absolute Gasteiger partial charge is 0.242 e. The Labute approximate surface area is 127 Å². The van der Waals surface area contributed by atoms with Gasteiger partial charge in [0.2, 0.25) is 5.91 Å². The zero-order valence-electron chi connectivity index (χ0n) is 13.7. The average molecular weight is 292 g/mol. The topological polar surface area (TPSA) is 40.5 Å². The summed E-state index contributed by atoms with van der Waals surface area (Å²) in [6, 6.07) is 2.45. The summed E-state index contributed by atoms with van der Waals surface area (Å²) in [6.07, 6.45) is 4.10.